The Morgan fingerprint density at radius 2 is 1.38 bits per heavy atom. The predicted molar refractivity (Wildman–Crippen MR) is 144 cm³/mol. The van der Waals surface area contributed by atoms with Crippen LogP contribution >= 0.6 is 15.9 Å². The summed E-state index contributed by atoms with van der Waals surface area (Å²) in [6, 6.07) is 31.6. The molecule has 0 unspecified atom stereocenters. The second-order valence-electron chi connectivity index (χ2n) is 7.45. The van der Waals surface area contributed by atoms with Crippen LogP contribution in [0.2, 0.25) is 0 Å². The topological polar surface area (TPSA) is 50.7 Å². The first-order valence-corrected chi connectivity index (χ1v) is 11.6. The van der Waals surface area contributed by atoms with E-state index in [1.165, 1.54) is 0 Å². The number of hydrogen-bond donors (Lipinski definition) is 1. The number of amides is 1. The molecular formula is C29H23BrN2O2. The summed E-state index contributed by atoms with van der Waals surface area (Å²) in [7, 11) is 0. The highest BCUT2D eigenvalue weighted by Gasteiger charge is 2.08. The van der Waals surface area contributed by atoms with Crippen molar-refractivity contribution in [2.45, 2.75) is 0 Å². The van der Waals surface area contributed by atoms with E-state index in [-0.39, 0.29) is 12.5 Å². The Kier molecular flexibility index (Phi) is 8.04. The molecule has 0 aliphatic heterocycles. The molecule has 168 valence electrons. The molecule has 0 fully saturated rings. The number of carbonyl (C=O) groups excluding carboxylic acids is 1. The summed E-state index contributed by atoms with van der Waals surface area (Å²) < 4.78 is 6.55. The van der Waals surface area contributed by atoms with Gasteiger partial charge >= 0.3 is 0 Å². The molecule has 0 radical (unpaired) electrons. The maximum Gasteiger partial charge on any atom is 0.277 e. The van der Waals surface area contributed by atoms with Crippen LogP contribution in [0.3, 0.4) is 0 Å². The number of ether oxygens (including phenoxy) is 1. The minimum absolute atomic E-state index is 0.154. The third-order valence-corrected chi connectivity index (χ3v) is 5.81. The largest absolute Gasteiger partial charge is 0.483 e. The first-order chi connectivity index (χ1) is 16.7. The number of fused-ring (bicyclic) bond motifs is 1. The molecule has 0 saturated carbocycles. The number of nitrogens with one attached hydrogen (secondary N) is 1. The van der Waals surface area contributed by atoms with Gasteiger partial charge in [0, 0.05) is 0 Å². The fourth-order valence-electron chi connectivity index (χ4n) is 3.25. The van der Waals surface area contributed by atoms with Crippen molar-refractivity contribution in [3.8, 4) is 5.75 Å². The zero-order chi connectivity index (χ0) is 23.6. The van der Waals surface area contributed by atoms with E-state index < -0.39 is 0 Å². The van der Waals surface area contributed by atoms with Crippen molar-refractivity contribution < 1.29 is 9.53 Å². The first kappa shape index (κ1) is 23.2. The zero-order valence-electron chi connectivity index (χ0n) is 18.4. The highest BCUT2D eigenvalue weighted by molar-refractivity contribution is 9.10. The third-order valence-electron chi connectivity index (χ3n) is 4.99. The highest BCUT2D eigenvalue weighted by Crippen LogP contribution is 2.32. The van der Waals surface area contributed by atoms with Crippen LogP contribution in [0, 0.1) is 0 Å². The molecule has 0 aromatic heterocycles. The van der Waals surface area contributed by atoms with Crippen LogP contribution in [0.4, 0.5) is 0 Å². The smallest absolute Gasteiger partial charge is 0.277 e. The minimum atomic E-state index is -0.348. The van der Waals surface area contributed by atoms with Gasteiger partial charge in [-0.05, 0) is 56.0 Å². The molecule has 4 aromatic rings. The molecule has 0 aliphatic rings. The maximum atomic E-state index is 12.4. The van der Waals surface area contributed by atoms with Gasteiger partial charge in [-0.3, -0.25) is 4.79 Å². The lowest BCUT2D eigenvalue weighted by molar-refractivity contribution is -0.123. The molecule has 0 atom stereocenters. The van der Waals surface area contributed by atoms with Crippen LogP contribution in [-0.4, -0.2) is 18.2 Å². The standard InChI is InChI=1S/C29H23BrN2O2/c30-29-26-14-8-7-13-24(26)17-20-27(29)34-21-28(33)32-31-25(18-15-22-9-3-1-4-10-22)19-16-23-11-5-2-6-12-23/h1-20H,21H2,(H,32,33). The van der Waals surface area contributed by atoms with Crippen molar-refractivity contribution in [1.29, 1.82) is 0 Å². The van der Waals surface area contributed by atoms with Crippen molar-refractivity contribution >= 4 is 50.5 Å². The quantitative estimate of drug-likeness (QED) is 0.207. The summed E-state index contributed by atoms with van der Waals surface area (Å²) in [5.74, 6) is 0.254. The Morgan fingerprint density at radius 1 is 0.794 bits per heavy atom. The van der Waals surface area contributed by atoms with E-state index in [2.05, 4.69) is 26.5 Å². The molecule has 0 saturated heterocycles. The van der Waals surface area contributed by atoms with E-state index in [1.807, 2.05) is 121 Å². The van der Waals surface area contributed by atoms with Gasteiger partial charge in [-0.2, -0.15) is 5.10 Å². The molecule has 0 heterocycles. The molecule has 4 rings (SSSR count). The van der Waals surface area contributed by atoms with Crippen LogP contribution in [-0.2, 0) is 4.79 Å². The van der Waals surface area contributed by atoms with Gasteiger partial charge in [0.1, 0.15) is 5.75 Å². The number of allylic oxidation sites excluding steroid dienone is 2. The van der Waals surface area contributed by atoms with Gasteiger partial charge in [-0.1, -0.05) is 103 Å². The Morgan fingerprint density at radius 3 is 2.03 bits per heavy atom. The molecule has 0 spiro atoms. The fourth-order valence-corrected chi connectivity index (χ4v) is 3.86. The molecule has 5 heteroatoms. The monoisotopic (exact) mass is 510 g/mol. The molecule has 4 aromatic carbocycles. The van der Waals surface area contributed by atoms with E-state index >= 15 is 0 Å². The number of hydrogen-bond acceptors (Lipinski definition) is 3. The number of hydrazone groups is 1. The Bertz CT molecular complexity index is 1300. The van der Waals surface area contributed by atoms with Crippen molar-refractivity contribution in [1.82, 2.24) is 5.43 Å². The van der Waals surface area contributed by atoms with Gasteiger partial charge in [0.15, 0.2) is 6.61 Å². The second-order valence-corrected chi connectivity index (χ2v) is 8.24. The summed E-state index contributed by atoms with van der Waals surface area (Å²) >= 11 is 3.58. The van der Waals surface area contributed by atoms with Crippen molar-refractivity contribution in [3.63, 3.8) is 0 Å². The maximum absolute atomic E-state index is 12.4. The average Bonchev–Trinajstić information content (AvgIpc) is 2.89. The van der Waals surface area contributed by atoms with Crippen molar-refractivity contribution in [3.05, 3.63) is 125 Å². The lowest BCUT2D eigenvalue weighted by atomic mass is 10.1. The van der Waals surface area contributed by atoms with E-state index in [1.54, 1.807) is 0 Å². The van der Waals surface area contributed by atoms with Gasteiger partial charge in [-0.15, -0.1) is 0 Å². The SMILES string of the molecule is O=C(COc1ccc2ccccc2c1Br)NN=C(C=Cc1ccccc1)C=Cc1ccccc1. The van der Waals surface area contributed by atoms with E-state index in [0.29, 0.717) is 11.5 Å². The summed E-state index contributed by atoms with van der Waals surface area (Å²) in [4.78, 5) is 12.4. The average molecular weight is 511 g/mol. The van der Waals surface area contributed by atoms with E-state index in [4.69, 9.17) is 4.74 Å². The van der Waals surface area contributed by atoms with Crippen molar-refractivity contribution in [2.24, 2.45) is 5.10 Å². The molecule has 4 nitrogen and oxygen atoms in total. The minimum Gasteiger partial charge on any atom is -0.483 e. The molecule has 0 bridgehead atoms. The summed E-state index contributed by atoms with van der Waals surface area (Å²) in [6.07, 6.45) is 7.61. The Balaban J connectivity index is 1.44. The second kappa shape index (κ2) is 11.8. The summed E-state index contributed by atoms with van der Waals surface area (Å²) in [6.45, 7) is -0.154. The number of carbonyl (C=O) groups is 1. The molecule has 1 amide bonds. The normalized spacial score (nSPS) is 11.1. The number of nitrogens with zero attached hydrogens (tertiary/aromatic N) is 1. The van der Waals surface area contributed by atoms with Crippen LogP contribution in [0.15, 0.2) is 119 Å². The molecule has 34 heavy (non-hydrogen) atoms. The number of halogens is 1. The molecule has 0 aliphatic carbocycles. The number of benzene rings is 4. The van der Waals surface area contributed by atoms with Crippen LogP contribution < -0.4 is 10.2 Å². The lowest BCUT2D eigenvalue weighted by Gasteiger charge is -2.09. The van der Waals surface area contributed by atoms with Crippen molar-refractivity contribution in [2.75, 3.05) is 6.61 Å². The van der Waals surface area contributed by atoms with Gasteiger partial charge in [-0.25, -0.2) is 5.43 Å². The predicted octanol–water partition coefficient (Wildman–Crippen LogP) is 6.88. The van der Waals surface area contributed by atoms with Crippen LogP contribution in [0.5, 0.6) is 5.75 Å². The van der Waals surface area contributed by atoms with Gasteiger partial charge in [0.05, 0.1) is 10.2 Å². The molecular weight excluding hydrogens is 488 g/mol. The highest BCUT2D eigenvalue weighted by atomic mass is 79.9. The van der Waals surface area contributed by atoms with E-state index in [0.717, 1.165) is 26.4 Å². The third kappa shape index (κ3) is 6.53. The Labute approximate surface area is 207 Å². The van der Waals surface area contributed by atoms with Gasteiger partial charge in [0.2, 0.25) is 0 Å². The molecule has 1 N–H and O–H groups in total. The number of rotatable bonds is 8. The Hall–Kier alpha value is -3.96. The van der Waals surface area contributed by atoms with Crippen LogP contribution in [0.25, 0.3) is 22.9 Å². The first-order valence-electron chi connectivity index (χ1n) is 10.8. The summed E-state index contributed by atoms with van der Waals surface area (Å²) in [5.41, 5.74) is 5.27. The lowest BCUT2D eigenvalue weighted by Crippen LogP contribution is -2.25. The van der Waals surface area contributed by atoms with Gasteiger partial charge < -0.3 is 4.74 Å². The van der Waals surface area contributed by atoms with E-state index in [9.17, 15) is 4.79 Å². The fraction of sp³-hybridized carbons (Fsp3) is 0.0345. The van der Waals surface area contributed by atoms with Gasteiger partial charge in [0.25, 0.3) is 5.91 Å². The zero-order valence-corrected chi connectivity index (χ0v) is 20.0. The summed E-state index contributed by atoms with van der Waals surface area (Å²) in [5, 5.41) is 6.41. The van der Waals surface area contributed by atoms with Crippen LogP contribution in [0.1, 0.15) is 11.1 Å².